The first-order valence-corrected chi connectivity index (χ1v) is 9.25. The van der Waals surface area contributed by atoms with Crippen LogP contribution in [0.5, 0.6) is 0 Å². The minimum atomic E-state index is 0. The van der Waals surface area contributed by atoms with E-state index < -0.39 is 0 Å². The van der Waals surface area contributed by atoms with Crippen molar-refractivity contribution in [1.82, 2.24) is 0 Å². The molecule has 2 rings (SSSR count). The van der Waals surface area contributed by atoms with E-state index in [0.717, 1.165) is 29.9 Å². The van der Waals surface area contributed by atoms with Gasteiger partial charge in [0.25, 0.3) is 0 Å². The van der Waals surface area contributed by atoms with E-state index in [0.29, 0.717) is 0 Å². The minimum absolute atomic E-state index is 0. The Morgan fingerprint density at radius 2 is 1.38 bits per heavy atom. The van der Waals surface area contributed by atoms with Crippen LogP contribution in [0.4, 0.5) is 11.4 Å². The molecule has 0 atom stereocenters. The predicted octanol–water partition coefficient (Wildman–Crippen LogP) is 6.97. The van der Waals surface area contributed by atoms with Crippen molar-refractivity contribution < 1.29 is 16.5 Å². The summed E-state index contributed by atoms with van der Waals surface area (Å²) in [6.45, 7) is 10.7. The van der Waals surface area contributed by atoms with Gasteiger partial charge in [-0.25, -0.2) is 0 Å². The second-order valence-corrected chi connectivity index (χ2v) is 6.86. The molecule has 0 aromatic heterocycles. The molecule has 2 nitrogen and oxygen atoms in total. The SMILES string of the molecule is CCCCCC(/C=N/c1ccc(C)c(C)c1)=N\c1ccc(C)c(C)c1.[Ni]. The Morgan fingerprint density at radius 3 is 1.96 bits per heavy atom. The van der Waals surface area contributed by atoms with Gasteiger partial charge >= 0.3 is 0 Å². The van der Waals surface area contributed by atoms with Crippen LogP contribution in [0.1, 0.15) is 54.9 Å². The third-order valence-electron chi connectivity index (χ3n) is 4.65. The number of unbranched alkanes of at least 4 members (excludes halogenated alkanes) is 2. The van der Waals surface area contributed by atoms with E-state index in [-0.39, 0.29) is 16.5 Å². The molecule has 0 fully saturated rings. The van der Waals surface area contributed by atoms with Gasteiger partial charge in [0.1, 0.15) is 0 Å². The Morgan fingerprint density at radius 1 is 0.808 bits per heavy atom. The van der Waals surface area contributed by atoms with E-state index in [1.807, 2.05) is 6.21 Å². The number of aryl methyl sites for hydroxylation is 4. The second kappa shape index (κ2) is 11.1. The molecule has 0 aliphatic rings. The monoisotopic (exact) mass is 392 g/mol. The van der Waals surface area contributed by atoms with Crippen molar-refractivity contribution in [2.24, 2.45) is 9.98 Å². The van der Waals surface area contributed by atoms with Gasteiger partial charge in [0, 0.05) is 22.7 Å². The number of hydrogen-bond donors (Lipinski definition) is 0. The molecule has 0 unspecified atom stereocenters. The van der Waals surface area contributed by atoms with Crippen molar-refractivity contribution in [3.63, 3.8) is 0 Å². The van der Waals surface area contributed by atoms with Crippen LogP contribution < -0.4 is 0 Å². The summed E-state index contributed by atoms with van der Waals surface area (Å²) in [4.78, 5) is 9.52. The number of rotatable bonds is 7. The van der Waals surface area contributed by atoms with Crippen molar-refractivity contribution in [1.29, 1.82) is 0 Å². The Labute approximate surface area is 168 Å². The van der Waals surface area contributed by atoms with Gasteiger partial charge < -0.3 is 0 Å². The van der Waals surface area contributed by atoms with Crippen LogP contribution in [0.15, 0.2) is 46.4 Å². The average molecular weight is 393 g/mol. The summed E-state index contributed by atoms with van der Waals surface area (Å²) < 4.78 is 0. The third kappa shape index (κ3) is 6.88. The first kappa shape index (κ1) is 22.3. The minimum Gasteiger partial charge on any atom is -0.255 e. The van der Waals surface area contributed by atoms with Gasteiger partial charge in [-0.3, -0.25) is 9.98 Å². The molecule has 0 bridgehead atoms. The summed E-state index contributed by atoms with van der Waals surface area (Å²) in [5, 5.41) is 0. The van der Waals surface area contributed by atoms with E-state index in [1.54, 1.807) is 0 Å². The average Bonchev–Trinajstić information content (AvgIpc) is 2.59. The molecule has 26 heavy (non-hydrogen) atoms. The van der Waals surface area contributed by atoms with Gasteiger partial charge in [0.2, 0.25) is 0 Å². The number of aliphatic imine (C=N–C) groups is 2. The van der Waals surface area contributed by atoms with Gasteiger partial charge in [-0.05, 0) is 87.1 Å². The normalized spacial score (nSPS) is 11.7. The van der Waals surface area contributed by atoms with Gasteiger partial charge in [0.15, 0.2) is 0 Å². The van der Waals surface area contributed by atoms with E-state index >= 15 is 0 Å². The van der Waals surface area contributed by atoms with Crippen molar-refractivity contribution in [2.75, 3.05) is 0 Å². The zero-order chi connectivity index (χ0) is 18.2. The fraction of sp³-hybridized carbons (Fsp3) is 0.391. The standard InChI is InChI=1S/C23H30N2.Ni/c1-6-7-8-9-23(25-22-13-11-18(3)20(5)15-22)16-24-21-12-10-17(2)19(4)14-21;/h10-16H,6-9H2,1-5H3;/b24-16+,25-23+;. The van der Waals surface area contributed by atoms with E-state index in [4.69, 9.17) is 4.99 Å². The van der Waals surface area contributed by atoms with E-state index in [1.165, 1.54) is 35.1 Å². The fourth-order valence-corrected chi connectivity index (χ4v) is 2.62. The molecule has 0 radical (unpaired) electrons. The summed E-state index contributed by atoms with van der Waals surface area (Å²) in [5.74, 6) is 0. The zero-order valence-corrected chi connectivity index (χ0v) is 17.6. The molecular formula is C23H30N2Ni. The van der Waals surface area contributed by atoms with Crippen molar-refractivity contribution in [3.8, 4) is 0 Å². The molecule has 0 spiro atoms. The van der Waals surface area contributed by atoms with Crippen LogP contribution in [0, 0.1) is 27.7 Å². The number of benzene rings is 2. The summed E-state index contributed by atoms with van der Waals surface area (Å²) in [6.07, 6.45) is 6.50. The molecule has 142 valence electrons. The van der Waals surface area contributed by atoms with Gasteiger partial charge in [-0.1, -0.05) is 31.9 Å². The molecule has 0 saturated carbocycles. The largest absolute Gasteiger partial charge is 0.255 e. The molecule has 2 aromatic rings. The van der Waals surface area contributed by atoms with Crippen LogP contribution in [0.2, 0.25) is 0 Å². The summed E-state index contributed by atoms with van der Waals surface area (Å²) >= 11 is 0. The van der Waals surface area contributed by atoms with Crippen molar-refractivity contribution in [2.45, 2.75) is 60.3 Å². The van der Waals surface area contributed by atoms with Crippen molar-refractivity contribution >= 4 is 23.3 Å². The quantitative estimate of drug-likeness (QED) is 0.276. The third-order valence-corrected chi connectivity index (χ3v) is 4.65. The Kier molecular flexibility index (Phi) is 9.51. The van der Waals surface area contributed by atoms with Gasteiger partial charge in [-0.15, -0.1) is 0 Å². The molecule has 0 saturated heterocycles. The van der Waals surface area contributed by atoms with E-state index in [2.05, 4.69) is 76.0 Å². The molecule has 2 aromatic carbocycles. The van der Waals surface area contributed by atoms with E-state index in [9.17, 15) is 0 Å². The molecule has 0 aliphatic carbocycles. The van der Waals surface area contributed by atoms with Gasteiger partial charge in [-0.2, -0.15) is 0 Å². The molecule has 0 amide bonds. The fourth-order valence-electron chi connectivity index (χ4n) is 2.62. The van der Waals surface area contributed by atoms with Crippen LogP contribution in [0.25, 0.3) is 0 Å². The Balaban J connectivity index is 0.00000338. The predicted molar refractivity (Wildman–Crippen MR) is 111 cm³/mol. The Hall–Kier alpha value is -1.73. The summed E-state index contributed by atoms with van der Waals surface area (Å²) in [6, 6.07) is 12.7. The molecule has 3 heteroatoms. The summed E-state index contributed by atoms with van der Waals surface area (Å²) in [5.41, 5.74) is 8.21. The first-order valence-electron chi connectivity index (χ1n) is 9.25. The number of nitrogens with zero attached hydrogens (tertiary/aromatic N) is 2. The smallest absolute Gasteiger partial charge is 0.0636 e. The number of hydrogen-bond acceptors (Lipinski definition) is 2. The first-order chi connectivity index (χ1) is 12.0. The zero-order valence-electron chi connectivity index (χ0n) is 16.6. The van der Waals surface area contributed by atoms with Crippen LogP contribution in [-0.4, -0.2) is 11.9 Å². The molecular weight excluding hydrogens is 363 g/mol. The molecule has 0 aliphatic heterocycles. The maximum absolute atomic E-state index is 4.85. The maximum Gasteiger partial charge on any atom is 0.0636 e. The maximum atomic E-state index is 4.85. The molecule has 0 N–H and O–H groups in total. The Bertz CT molecular complexity index is 776. The van der Waals surface area contributed by atoms with Gasteiger partial charge in [0.05, 0.1) is 17.1 Å². The second-order valence-electron chi connectivity index (χ2n) is 6.86. The summed E-state index contributed by atoms with van der Waals surface area (Å²) in [7, 11) is 0. The van der Waals surface area contributed by atoms with Crippen LogP contribution in [-0.2, 0) is 16.5 Å². The topological polar surface area (TPSA) is 24.7 Å². The van der Waals surface area contributed by atoms with Crippen LogP contribution in [0.3, 0.4) is 0 Å². The van der Waals surface area contributed by atoms with Crippen molar-refractivity contribution in [3.05, 3.63) is 58.7 Å². The van der Waals surface area contributed by atoms with Crippen LogP contribution >= 0.6 is 0 Å². The molecule has 0 heterocycles.